The lowest BCUT2D eigenvalue weighted by Crippen LogP contribution is -2.27. The minimum absolute atomic E-state index is 0.110. The Morgan fingerprint density at radius 1 is 1.38 bits per heavy atom. The zero-order chi connectivity index (χ0) is 11.5. The van der Waals surface area contributed by atoms with Gasteiger partial charge in [-0.15, -0.1) is 0 Å². The van der Waals surface area contributed by atoms with E-state index in [9.17, 15) is 5.11 Å². The van der Waals surface area contributed by atoms with Crippen LogP contribution in [0.5, 0.6) is 5.75 Å². The van der Waals surface area contributed by atoms with E-state index in [1.807, 2.05) is 12.1 Å². The molecule has 88 valence electrons. The monoisotopic (exact) mass is 285 g/mol. The first-order chi connectivity index (χ1) is 7.68. The molecule has 3 N–H and O–H groups in total. The Labute approximate surface area is 104 Å². The Bertz CT molecular complexity index is 364. The summed E-state index contributed by atoms with van der Waals surface area (Å²) in [5, 5.41) is 9.80. The number of rotatable bonds is 2. The van der Waals surface area contributed by atoms with E-state index in [1.54, 1.807) is 6.07 Å². The van der Waals surface area contributed by atoms with Crippen LogP contribution in [0.15, 0.2) is 22.7 Å². The molecule has 0 bridgehead atoms. The third kappa shape index (κ3) is 2.56. The molecule has 0 amide bonds. The average Bonchev–Trinajstić information content (AvgIpc) is 2.32. The minimum Gasteiger partial charge on any atom is -0.508 e. The highest BCUT2D eigenvalue weighted by Crippen LogP contribution is 2.34. The fourth-order valence-electron chi connectivity index (χ4n) is 2.12. The SMILES string of the molecule is N[C@H](c1cc(Br)ccc1O)C1CCOCC1. The van der Waals surface area contributed by atoms with E-state index in [2.05, 4.69) is 15.9 Å². The van der Waals surface area contributed by atoms with E-state index in [-0.39, 0.29) is 11.8 Å². The zero-order valence-electron chi connectivity index (χ0n) is 9.03. The van der Waals surface area contributed by atoms with Gasteiger partial charge in [0.25, 0.3) is 0 Å². The number of phenolic OH excluding ortho intramolecular Hbond substituents is 1. The van der Waals surface area contributed by atoms with Crippen LogP contribution in [0.2, 0.25) is 0 Å². The lowest BCUT2D eigenvalue weighted by molar-refractivity contribution is 0.0581. The van der Waals surface area contributed by atoms with Gasteiger partial charge in [-0.25, -0.2) is 0 Å². The van der Waals surface area contributed by atoms with E-state index < -0.39 is 0 Å². The van der Waals surface area contributed by atoms with E-state index in [1.165, 1.54) is 0 Å². The molecule has 1 aliphatic heterocycles. The largest absolute Gasteiger partial charge is 0.508 e. The van der Waals surface area contributed by atoms with Crippen LogP contribution < -0.4 is 5.73 Å². The quantitative estimate of drug-likeness (QED) is 0.878. The number of benzene rings is 1. The van der Waals surface area contributed by atoms with Crippen molar-refractivity contribution in [2.45, 2.75) is 18.9 Å². The van der Waals surface area contributed by atoms with Crippen LogP contribution in [-0.2, 0) is 4.74 Å². The Balaban J connectivity index is 2.18. The first-order valence-corrected chi connectivity index (χ1v) is 6.29. The fourth-order valence-corrected chi connectivity index (χ4v) is 2.50. The van der Waals surface area contributed by atoms with Crippen molar-refractivity contribution in [3.63, 3.8) is 0 Å². The third-order valence-corrected chi connectivity index (χ3v) is 3.62. The summed E-state index contributed by atoms with van der Waals surface area (Å²) in [6.07, 6.45) is 1.93. The van der Waals surface area contributed by atoms with Gasteiger partial charge in [-0.3, -0.25) is 0 Å². The second-order valence-electron chi connectivity index (χ2n) is 4.18. The molecule has 2 rings (SSSR count). The predicted octanol–water partition coefficient (Wildman–Crippen LogP) is 2.58. The fraction of sp³-hybridized carbons (Fsp3) is 0.500. The summed E-state index contributed by atoms with van der Waals surface area (Å²) in [4.78, 5) is 0. The maximum Gasteiger partial charge on any atom is 0.120 e. The smallest absolute Gasteiger partial charge is 0.120 e. The van der Waals surface area contributed by atoms with Gasteiger partial charge in [-0.2, -0.15) is 0 Å². The number of hydrogen-bond donors (Lipinski definition) is 2. The lowest BCUT2D eigenvalue weighted by Gasteiger charge is -2.28. The van der Waals surface area contributed by atoms with Crippen LogP contribution in [0.4, 0.5) is 0 Å². The van der Waals surface area contributed by atoms with E-state index in [4.69, 9.17) is 10.5 Å². The second-order valence-corrected chi connectivity index (χ2v) is 5.09. The molecule has 0 spiro atoms. The van der Waals surface area contributed by atoms with Crippen LogP contribution in [-0.4, -0.2) is 18.3 Å². The standard InChI is InChI=1S/C12H16BrNO2/c13-9-1-2-11(15)10(7-9)12(14)8-3-5-16-6-4-8/h1-2,7-8,12,15H,3-6,14H2/t12-/m0/s1. The van der Waals surface area contributed by atoms with Gasteiger partial charge in [0.1, 0.15) is 5.75 Å². The third-order valence-electron chi connectivity index (χ3n) is 3.12. The first kappa shape index (κ1) is 11.9. The van der Waals surface area contributed by atoms with E-state index in [0.717, 1.165) is 36.1 Å². The molecule has 1 atom stereocenters. The molecule has 3 nitrogen and oxygen atoms in total. The van der Waals surface area contributed by atoms with E-state index in [0.29, 0.717) is 5.92 Å². The summed E-state index contributed by atoms with van der Waals surface area (Å²) in [5.41, 5.74) is 7.02. The highest BCUT2D eigenvalue weighted by Gasteiger charge is 2.24. The topological polar surface area (TPSA) is 55.5 Å². The number of aromatic hydroxyl groups is 1. The minimum atomic E-state index is -0.110. The maximum absolute atomic E-state index is 9.80. The molecule has 0 saturated carbocycles. The molecule has 0 aliphatic carbocycles. The first-order valence-electron chi connectivity index (χ1n) is 5.50. The zero-order valence-corrected chi connectivity index (χ0v) is 10.6. The maximum atomic E-state index is 9.80. The predicted molar refractivity (Wildman–Crippen MR) is 66.3 cm³/mol. The van der Waals surface area contributed by atoms with Gasteiger partial charge >= 0.3 is 0 Å². The molecule has 1 aromatic carbocycles. The average molecular weight is 286 g/mol. The molecule has 1 aliphatic rings. The van der Waals surface area contributed by atoms with Crippen molar-refractivity contribution in [2.75, 3.05) is 13.2 Å². The summed E-state index contributed by atoms with van der Waals surface area (Å²) in [5.74, 6) is 0.677. The summed E-state index contributed by atoms with van der Waals surface area (Å²) in [7, 11) is 0. The van der Waals surface area contributed by atoms with Crippen LogP contribution in [0.25, 0.3) is 0 Å². The summed E-state index contributed by atoms with van der Waals surface area (Å²) in [6, 6.07) is 5.28. The Morgan fingerprint density at radius 2 is 2.06 bits per heavy atom. The molecule has 16 heavy (non-hydrogen) atoms. The van der Waals surface area contributed by atoms with Gasteiger partial charge in [-0.05, 0) is 37.0 Å². The Kier molecular flexibility index (Phi) is 3.84. The molecule has 1 saturated heterocycles. The Hall–Kier alpha value is -0.580. The highest BCUT2D eigenvalue weighted by atomic mass is 79.9. The van der Waals surface area contributed by atoms with Gasteiger partial charge in [0, 0.05) is 29.3 Å². The van der Waals surface area contributed by atoms with E-state index >= 15 is 0 Å². The molecule has 0 radical (unpaired) electrons. The molecule has 4 heteroatoms. The molecular formula is C12H16BrNO2. The molecule has 1 aromatic rings. The van der Waals surface area contributed by atoms with Crippen molar-refractivity contribution in [1.82, 2.24) is 0 Å². The van der Waals surface area contributed by atoms with Crippen molar-refractivity contribution in [1.29, 1.82) is 0 Å². The van der Waals surface area contributed by atoms with Crippen LogP contribution in [0.3, 0.4) is 0 Å². The second kappa shape index (κ2) is 5.17. The van der Waals surface area contributed by atoms with Gasteiger partial charge in [0.2, 0.25) is 0 Å². The molecule has 0 aromatic heterocycles. The number of hydrogen-bond acceptors (Lipinski definition) is 3. The lowest BCUT2D eigenvalue weighted by atomic mass is 9.87. The van der Waals surface area contributed by atoms with Crippen molar-refractivity contribution < 1.29 is 9.84 Å². The number of halogens is 1. The molecule has 1 fully saturated rings. The van der Waals surface area contributed by atoms with Crippen molar-refractivity contribution in [2.24, 2.45) is 11.7 Å². The Morgan fingerprint density at radius 3 is 2.75 bits per heavy atom. The molecule has 0 unspecified atom stereocenters. The highest BCUT2D eigenvalue weighted by molar-refractivity contribution is 9.10. The van der Waals surface area contributed by atoms with Crippen LogP contribution >= 0.6 is 15.9 Å². The normalized spacial score (nSPS) is 19.6. The van der Waals surface area contributed by atoms with Crippen molar-refractivity contribution in [3.05, 3.63) is 28.2 Å². The van der Waals surface area contributed by atoms with Crippen LogP contribution in [0.1, 0.15) is 24.4 Å². The number of nitrogens with two attached hydrogens (primary N) is 1. The number of ether oxygens (including phenoxy) is 1. The van der Waals surface area contributed by atoms with Gasteiger partial charge in [-0.1, -0.05) is 15.9 Å². The molecule has 1 heterocycles. The van der Waals surface area contributed by atoms with Crippen molar-refractivity contribution in [3.8, 4) is 5.75 Å². The molecular weight excluding hydrogens is 270 g/mol. The summed E-state index contributed by atoms with van der Waals surface area (Å²) < 4.78 is 6.26. The van der Waals surface area contributed by atoms with Gasteiger partial charge in [0.15, 0.2) is 0 Å². The van der Waals surface area contributed by atoms with Crippen LogP contribution in [0, 0.1) is 5.92 Å². The summed E-state index contributed by atoms with van der Waals surface area (Å²) in [6.45, 7) is 1.54. The van der Waals surface area contributed by atoms with Gasteiger partial charge < -0.3 is 15.6 Å². The van der Waals surface area contributed by atoms with Crippen molar-refractivity contribution >= 4 is 15.9 Å². The number of phenols is 1. The van der Waals surface area contributed by atoms with Gasteiger partial charge in [0.05, 0.1) is 0 Å². The summed E-state index contributed by atoms with van der Waals surface area (Å²) >= 11 is 3.40.